The molecule has 14 heavy (non-hydrogen) atoms. The minimum Gasteiger partial charge on any atom is -0.478 e. The topological polar surface area (TPSA) is 97.5 Å². The Morgan fingerprint density at radius 3 is 2.14 bits per heavy atom. The van der Waals surface area contributed by atoms with Crippen LogP contribution in [0.1, 0.15) is 10.4 Å². The molecule has 0 aliphatic carbocycles. The lowest BCUT2D eigenvalue weighted by atomic mass is 10.2. The van der Waals surface area contributed by atoms with Crippen molar-refractivity contribution in [1.82, 2.24) is 0 Å². The molecule has 0 aliphatic heterocycles. The second kappa shape index (κ2) is 4.41. The Morgan fingerprint density at radius 2 is 1.79 bits per heavy atom. The first-order chi connectivity index (χ1) is 5.93. The molecule has 1 aromatic carbocycles. The zero-order valence-corrected chi connectivity index (χ0v) is 8.51. The van der Waals surface area contributed by atoms with Gasteiger partial charge in [0.15, 0.2) is 0 Å². The summed E-state index contributed by atoms with van der Waals surface area (Å²) in [6, 6.07) is 5.17. The van der Waals surface area contributed by atoms with Crippen LogP contribution in [0.3, 0.4) is 0 Å². The van der Waals surface area contributed by atoms with E-state index >= 15 is 0 Å². The first kappa shape index (κ1) is 12.9. The maximum Gasteiger partial charge on any atom is 0.337 e. The summed E-state index contributed by atoms with van der Waals surface area (Å²) in [4.78, 5) is 10.2. The molecule has 0 heterocycles. The molecule has 0 atom stereocenters. The van der Waals surface area contributed by atoms with E-state index in [0.717, 1.165) is 6.07 Å². The monoisotopic (exact) mass is 237 g/mol. The van der Waals surface area contributed by atoms with Crippen LogP contribution >= 0.6 is 12.4 Å². The number of carboxylic acids is 1. The molecule has 0 aromatic heterocycles. The third kappa shape index (κ3) is 2.69. The summed E-state index contributed by atoms with van der Waals surface area (Å²) < 4.78 is 21.7. The third-order valence-electron chi connectivity index (χ3n) is 1.42. The maximum absolute atomic E-state index is 10.9. The molecular formula is C7H8ClNO4S. The summed E-state index contributed by atoms with van der Waals surface area (Å²) in [6.07, 6.45) is 0. The van der Waals surface area contributed by atoms with Gasteiger partial charge in [0.1, 0.15) is 0 Å². The summed E-state index contributed by atoms with van der Waals surface area (Å²) in [6.45, 7) is 0. The van der Waals surface area contributed by atoms with Crippen molar-refractivity contribution < 1.29 is 18.3 Å². The number of aromatic carboxylic acids is 1. The van der Waals surface area contributed by atoms with Crippen LogP contribution in [0.25, 0.3) is 0 Å². The van der Waals surface area contributed by atoms with Gasteiger partial charge < -0.3 is 5.11 Å². The number of nitrogens with two attached hydrogens (primary N) is 1. The minimum atomic E-state index is -3.96. The first-order valence-electron chi connectivity index (χ1n) is 3.28. The SMILES string of the molecule is Cl.NS(=O)(=O)c1ccccc1C(=O)O. The van der Waals surface area contributed by atoms with Crippen molar-refractivity contribution in [1.29, 1.82) is 0 Å². The molecule has 0 saturated carbocycles. The van der Waals surface area contributed by atoms with Gasteiger partial charge in [-0.1, -0.05) is 12.1 Å². The van der Waals surface area contributed by atoms with E-state index in [4.69, 9.17) is 10.2 Å². The molecular weight excluding hydrogens is 230 g/mol. The number of sulfonamides is 1. The average Bonchev–Trinajstić information content (AvgIpc) is 2.03. The number of halogens is 1. The zero-order chi connectivity index (χ0) is 10.1. The predicted octanol–water partition coefficient (Wildman–Crippen LogP) is 0.454. The number of carboxylic acid groups (broad SMARTS) is 1. The highest BCUT2D eigenvalue weighted by atomic mass is 35.5. The summed E-state index contributed by atoms with van der Waals surface area (Å²) >= 11 is 0. The van der Waals surface area contributed by atoms with Crippen molar-refractivity contribution in [2.24, 2.45) is 5.14 Å². The molecule has 0 spiro atoms. The predicted molar refractivity (Wildman–Crippen MR) is 52.0 cm³/mol. The molecule has 0 fully saturated rings. The van der Waals surface area contributed by atoms with Crippen molar-refractivity contribution in [2.45, 2.75) is 4.90 Å². The lowest BCUT2D eigenvalue weighted by Crippen LogP contribution is -2.16. The first-order valence-corrected chi connectivity index (χ1v) is 4.82. The van der Waals surface area contributed by atoms with Crippen molar-refractivity contribution in [3.05, 3.63) is 29.8 Å². The summed E-state index contributed by atoms with van der Waals surface area (Å²) in [5.74, 6) is -1.32. The Hall–Kier alpha value is -1.11. The summed E-state index contributed by atoms with van der Waals surface area (Å²) in [7, 11) is -3.96. The minimum absolute atomic E-state index is 0. The molecule has 7 heteroatoms. The zero-order valence-electron chi connectivity index (χ0n) is 6.88. The highest BCUT2D eigenvalue weighted by Crippen LogP contribution is 2.12. The Balaban J connectivity index is 0.00000169. The molecule has 1 aromatic rings. The van der Waals surface area contributed by atoms with E-state index in [1.54, 1.807) is 0 Å². The molecule has 0 amide bonds. The highest BCUT2D eigenvalue weighted by molar-refractivity contribution is 7.89. The number of carbonyl (C=O) groups is 1. The van der Waals surface area contributed by atoms with Crippen molar-refractivity contribution >= 4 is 28.4 Å². The van der Waals surface area contributed by atoms with Crippen LogP contribution in [0.2, 0.25) is 0 Å². The van der Waals surface area contributed by atoms with Crippen molar-refractivity contribution in [2.75, 3.05) is 0 Å². The lowest BCUT2D eigenvalue weighted by molar-refractivity contribution is 0.0692. The fraction of sp³-hybridized carbons (Fsp3) is 0. The molecule has 0 bridgehead atoms. The smallest absolute Gasteiger partial charge is 0.337 e. The largest absolute Gasteiger partial charge is 0.478 e. The van der Waals surface area contributed by atoms with Crippen molar-refractivity contribution in [3.63, 3.8) is 0 Å². The fourth-order valence-corrected chi connectivity index (χ4v) is 1.62. The van der Waals surface area contributed by atoms with Gasteiger partial charge in [0, 0.05) is 0 Å². The molecule has 0 unspecified atom stereocenters. The van der Waals surface area contributed by atoms with E-state index in [0.29, 0.717) is 0 Å². The van der Waals surface area contributed by atoms with Gasteiger partial charge in [-0.05, 0) is 12.1 Å². The Bertz CT molecular complexity index is 443. The second-order valence-electron chi connectivity index (χ2n) is 2.35. The van der Waals surface area contributed by atoms with Crippen LogP contribution in [0.4, 0.5) is 0 Å². The molecule has 0 saturated heterocycles. The Kier molecular flexibility index (Phi) is 4.06. The van der Waals surface area contributed by atoms with Crippen LogP contribution in [-0.4, -0.2) is 19.5 Å². The number of rotatable bonds is 2. The van der Waals surface area contributed by atoms with Gasteiger partial charge in [0.05, 0.1) is 10.5 Å². The molecule has 0 aliphatic rings. The van der Waals surface area contributed by atoms with Crippen LogP contribution in [-0.2, 0) is 10.0 Å². The third-order valence-corrected chi connectivity index (χ3v) is 2.39. The number of benzene rings is 1. The van der Waals surface area contributed by atoms with Gasteiger partial charge in [-0.3, -0.25) is 0 Å². The maximum atomic E-state index is 10.9. The molecule has 5 nitrogen and oxygen atoms in total. The second-order valence-corrected chi connectivity index (χ2v) is 3.88. The fourth-order valence-electron chi connectivity index (χ4n) is 0.891. The van der Waals surface area contributed by atoms with E-state index < -0.39 is 16.0 Å². The van der Waals surface area contributed by atoms with Gasteiger partial charge in [-0.25, -0.2) is 18.4 Å². The average molecular weight is 238 g/mol. The Labute approximate surface area is 87.0 Å². The van der Waals surface area contributed by atoms with Gasteiger partial charge in [0.2, 0.25) is 10.0 Å². The van der Waals surface area contributed by atoms with Gasteiger partial charge in [-0.2, -0.15) is 0 Å². The van der Waals surface area contributed by atoms with Gasteiger partial charge in [-0.15, -0.1) is 12.4 Å². The van der Waals surface area contributed by atoms with Crippen LogP contribution < -0.4 is 5.14 Å². The molecule has 3 N–H and O–H groups in total. The molecule has 78 valence electrons. The Morgan fingerprint density at radius 1 is 1.29 bits per heavy atom. The normalized spacial score (nSPS) is 10.4. The van der Waals surface area contributed by atoms with E-state index in [1.807, 2.05) is 0 Å². The molecule has 0 radical (unpaired) electrons. The van der Waals surface area contributed by atoms with Crippen LogP contribution in [0.15, 0.2) is 29.2 Å². The molecule has 1 rings (SSSR count). The highest BCUT2D eigenvalue weighted by Gasteiger charge is 2.17. The number of primary sulfonamides is 1. The van der Waals surface area contributed by atoms with E-state index in [1.165, 1.54) is 18.2 Å². The van der Waals surface area contributed by atoms with Gasteiger partial charge >= 0.3 is 5.97 Å². The summed E-state index contributed by atoms with van der Waals surface area (Å²) in [5, 5.41) is 13.4. The van der Waals surface area contributed by atoms with Crippen molar-refractivity contribution in [3.8, 4) is 0 Å². The van der Waals surface area contributed by atoms with E-state index in [-0.39, 0.29) is 22.9 Å². The lowest BCUT2D eigenvalue weighted by Gasteiger charge is -2.01. The van der Waals surface area contributed by atoms with Crippen LogP contribution in [0.5, 0.6) is 0 Å². The van der Waals surface area contributed by atoms with Crippen LogP contribution in [0, 0.1) is 0 Å². The van der Waals surface area contributed by atoms with E-state index in [2.05, 4.69) is 0 Å². The summed E-state index contributed by atoms with van der Waals surface area (Å²) in [5.41, 5.74) is -0.315. The van der Waals surface area contributed by atoms with Gasteiger partial charge in [0.25, 0.3) is 0 Å². The standard InChI is InChI=1S/C7H7NO4S.ClH/c8-13(11,12)6-4-2-1-3-5(6)7(9)10;/h1-4H,(H,9,10)(H2,8,11,12);1H. The number of hydrogen-bond donors (Lipinski definition) is 2. The van der Waals surface area contributed by atoms with E-state index in [9.17, 15) is 13.2 Å². The number of hydrogen-bond acceptors (Lipinski definition) is 3. The quantitative estimate of drug-likeness (QED) is 0.781.